The van der Waals surface area contributed by atoms with E-state index in [9.17, 15) is 28.2 Å². The summed E-state index contributed by atoms with van der Waals surface area (Å²) < 4.78 is 26.2. The maximum atomic E-state index is 12.8. The Kier molecular flexibility index (Phi) is 8.92. The fourth-order valence-electron chi connectivity index (χ4n) is 2.87. The zero-order chi connectivity index (χ0) is 20.5. The molecule has 152 valence electrons. The van der Waals surface area contributed by atoms with Crippen LogP contribution in [0, 0.1) is 0 Å². The Balaban J connectivity index is 3.15. The Hall–Kier alpha value is -1.93. The summed E-state index contributed by atoms with van der Waals surface area (Å²) in [6.07, 6.45) is 1.60. The average Bonchev–Trinajstić information content (AvgIpc) is 2.61. The van der Waals surface area contributed by atoms with Crippen LogP contribution in [-0.4, -0.2) is 52.7 Å². The lowest BCUT2D eigenvalue weighted by molar-refractivity contribution is -0.153. The van der Waals surface area contributed by atoms with E-state index in [-0.39, 0.29) is 18.6 Å². The van der Waals surface area contributed by atoms with Crippen LogP contribution in [0.4, 0.5) is 0 Å². The van der Waals surface area contributed by atoms with Crippen LogP contribution in [0.1, 0.15) is 51.5 Å². The van der Waals surface area contributed by atoms with Crippen molar-refractivity contribution in [3.8, 4) is 0 Å². The topological polar surface area (TPSA) is 112 Å². The van der Waals surface area contributed by atoms with E-state index in [0.717, 1.165) is 12.0 Å². The second kappa shape index (κ2) is 10.4. The van der Waals surface area contributed by atoms with E-state index in [2.05, 4.69) is 0 Å². The summed E-state index contributed by atoms with van der Waals surface area (Å²) in [6.45, 7) is 2.54. The van der Waals surface area contributed by atoms with Gasteiger partial charge < -0.3 is 10.2 Å². The first-order valence-electron chi connectivity index (χ1n) is 9.13. The Labute approximate surface area is 161 Å². The summed E-state index contributed by atoms with van der Waals surface area (Å²) in [5, 5.41) is 18.9. The standard InChI is InChI=1S/C19H29NO6S/c1-3-4-8-15-27(25,26)20(19(2,13-14-21)18(23)24)17(22)12-11-16-9-6-5-7-10-16/h5-7,9-10,21H,3-4,8,11-15H2,1-2H3,(H,23,24). The average molecular weight is 400 g/mol. The predicted molar refractivity (Wildman–Crippen MR) is 103 cm³/mol. The number of aliphatic hydroxyl groups is 1. The number of rotatable bonds is 12. The number of hydrogen-bond acceptors (Lipinski definition) is 5. The molecule has 1 aromatic rings. The Bertz CT molecular complexity index is 719. The van der Waals surface area contributed by atoms with Crippen molar-refractivity contribution in [2.75, 3.05) is 12.4 Å². The lowest BCUT2D eigenvalue weighted by Gasteiger charge is -2.36. The lowest BCUT2D eigenvalue weighted by atomic mass is 9.97. The van der Waals surface area contributed by atoms with Gasteiger partial charge in [0.2, 0.25) is 15.9 Å². The zero-order valence-corrected chi connectivity index (χ0v) is 16.7. The quantitative estimate of drug-likeness (QED) is 0.521. The monoisotopic (exact) mass is 399 g/mol. The number of carboxylic acids is 1. The van der Waals surface area contributed by atoms with Gasteiger partial charge in [0.05, 0.1) is 5.75 Å². The summed E-state index contributed by atoms with van der Waals surface area (Å²) >= 11 is 0. The van der Waals surface area contributed by atoms with Crippen molar-refractivity contribution in [1.29, 1.82) is 0 Å². The molecular formula is C19H29NO6S. The smallest absolute Gasteiger partial charge is 0.330 e. The molecule has 27 heavy (non-hydrogen) atoms. The highest BCUT2D eigenvalue weighted by Gasteiger charge is 2.47. The number of benzene rings is 1. The molecule has 8 heteroatoms. The molecule has 0 heterocycles. The number of sulfonamides is 1. The molecule has 0 saturated carbocycles. The fraction of sp³-hybridized carbons (Fsp3) is 0.579. The van der Waals surface area contributed by atoms with E-state index in [1.54, 1.807) is 0 Å². The van der Waals surface area contributed by atoms with E-state index in [1.807, 2.05) is 37.3 Å². The molecule has 0 bridgehead atoms. The van der Waals surface area contributed by atoms with Crippen molar-refractivity contribution < 1.29 is 28.2 Å². The lowest BCUT2D eigenvalue weighted by Crippen LogP contribution is -2.58. The van der Waals surface area contributed by atoms with Gasteiger partial charge in [-0.3, -0.25) is 4.79 Å². The molecule has 0 aliphatic rings. The van der Waals surface area contributed by atoms with Crippen LogP contribution < -0.4 is 0 Å². The van der Waals surface area contributed by atoms with Crippen molar-refractivity contribution in [3.63, 3.8) is 0 Å². The van der Waals surface area contributed by atoms with Crippen LogP contribution >= 0.6 is 0 Å². The summed E-state index contributed by atoms with van der Waals surface area (Å²) in [7, 11) is -4.13. The highest BCUT2D eigenvalue weighted by atomic mass is 32.2. The van der Waals surface area contributed by atoms with Crippen molar-refractivity contribution in [2.45, 2.75) is 57.9 Å². The normalized spacial score (nSPS) is 13.7. The van der Waals surface area contributed by atoms with Crippen LogP contribution in [0.3, 0.4) is 0 Å². The molecule has 0 spiro atoms. The van der Waals surface area contributed by atoms with Gasteiger partial charge in [0.15, 0.2) is 5.54 Å². The highest BCUT2D eigenvalue weighted by Crippen LogP contribution is 2.26. The molecule has 2 N–H and O–H groups in total. The van der Waals surface area contributed by atoms with Crippen LogP contribution in [0.5, 0.6) is 0 Å². The van der Waals surface area contributed by atoms with Crippen LogP contribution in [0.2, 0.25) is 0 Å². The Morgan fingerprint density at radius 3 is 2.30 bits per heavy atom. The second-order valence-electron chi connectivity index (χ2n) is 6.72. The first-order chi connectivity index (χ1) is 12.7. The largest absolute Gasteiger partial charge is 0.479 e. The molecule has 7 nitrogen and oxygen atoms in total. The van der Waals surface area contributed by atoms with E-state index >= 15 is 0 Å². The minimum absolute atomic E-state index is 0.134. The fourth-order valence-corrected chi connectivity index (χ4v) is 4.81. The molecule has 1 rings (SSSR count). The van der Waals surface area contributed by atoms with E-state index in [0.29, 0.717) is 23.6 Å². The van der Waals surface area contributed by atoms with Crippen LogP contribution in [0.25, 0.3) is 0 Å². The SMILES string of the molecule is CCCCCS(=O)(=O)N(C(=O)CCc1ccccc1)C(C)(CCO)C(=O)O. The molecule has 0 aromatic heterocycles. The number of hydrogen-bond donors (Lipinski definition) is 2. The van der Waals surface area contributed by atoms with Crippen LogP contribution in [-0.2, 0) is 26.0 Å². The molecular weight excluding hydrogens is 370 g/mol. The minimum Gasteiger partial charge on any atom is -0.479 e. The molecule has 1 amide bonds. The van der Waals surface area contributed by atoms with Gasteiger partial charge >= 0.3 is 5.97 Å². The third-order valence-electron chi connectivity index (χ3n) is 4.49. The number of carbonyl (C=O) groups excluding carboxylic acids is 1. The van der Waals surface area contributed by atoms with E-state index in [4.69, 9.17) is 0 Å². The summed E-state index contributed by atoms with van der Waals surface area (Å²) in [5.74, 6) is -2.52. The summed E-state index contributed by atoms with van der Waals surface area (Å²) in [5.41, 5.74) is -1.17. The maximum absolute atomic E-state index is 12.8. The Morgan fingerprint density at radius 1 is 1.15 bits per heavy atom. The van der Waals surface area contributed by atoms with Crippen molar-refractivity contribution in [2.24, 2.45) is 0 Å². The van der Waals surface area contributed by atoms with Gasteiger partial charge in [-0.1, -0.05) is 50.1 Å². The van der Waals surface area contributed by atoms with Gasteiger partial charge in [-0.05, 0) is 25.3 Å². The van der Waals surface area contributed by atoms with Gasteiger partial charge in [0.1, 0.15) is 0 Å². The zero-order valence-electron chi connectivity index (χ0n) is 15.9. The molecule has 0 radical (unpaired) electrons. The van der Waals surface area contributed by atoms with Crippen LogP contribution in [0.15, 0.2) is 30.3 Å². The van der Waals surface area contributed by atoms with E-state index < -0.39 is 34.0 Å². The number of nitrogens with zero attached hydrogens (tertiary/aromatic N) is 1. The maximum Gasteiger partial charge on any atom is 0.330 e. The third kappa shape index (κ3) is 6.32. The predicted octanol–water partition coefficient (Wildman–Crippen LogP) is 2.19. The van der Waals surface area contributed by atoms with Gasteiger partial charge in [-0.15, -0.1) is 0 Å². The number of amides is 1. The van der Waals surface area contributed by atoms with Gasteiger partial charge in [-0.2, -0.15) is 0 Å². The van der Waals surface area contributed by atoms with Crippen molar-refractivity contribution in [1.82, 2.24) is 4.31 Å². The van der Waals surface area contributed by atoms with Crippen molar-refractivity contribution >= 4 is 21.9 Å². The summed E-state index contributed by atoms with van der Waals surface area (Å²) in [6, 6.07) is 9.09. The number of aliphatic hydroxyl groups excluding tert-OH is 1. The van der Waals surface area contributed by atoms with Gasteiger partial charge in [-0.25, -0.2) is 17.5 Å². The first kappa shape index (κ1) is 23.1. The third-order valence-corrected chi connectivity index (χ3v) is 6.46. The molecule has 1 unspecified atom stereocenters. The Morgan fingerprint density at radius 2 is 1.78 bits per heavy atom. The van der Waals surface area contributed by atoms with Gasteiger partial charge in [0, 0.05) is 19.4 Å². The molecule has 1 aromatic carbocycles. The number of carbonyl (C=O) groups is 2. The molecule has 0 aliphatic carbocycles. The molecule has 1 atom stereocenters. The first-order valence-corrected chi connectivity index (χ1v) is 10.7. The molecule has 0 saturated heterocycles. The number of carboxylic acid groups (broad SMARTS) is 1. The number of aryl methyl sites for hydroxylation is 1. The highest BCUT2D eigenvalue weighted by molar-refractivity contribution is 7.89. The second-order valence-corrected chi connectivity index (χ2v) is 8.66. The van der Waals surface area contributed by atoms with Gasteiger partial charge in [0.25, 0.3) is 0 Å². The summed E-state index contributed by atoms with van der Waals surface area (Å²) in [4.78, 5) is 24.7. The molecule has 0 aliphatic heterocycles. The van der Waals surface area contributed by atoms with E-state index in [1.165, 1.54) is 6.92 Å². The van der Waals surface area contributed by atoms with Crippen molar-refractivity contribution in [3.05, 3.63) is 35.9 Å². The molecule has 0 fully saturated rings. The minimum atomic E-state index is -4.13. The number of unbranched alkanes of at least 4 members (excludes halogenated alkanes) is 2. The number of aliphatic carboxylic acids is 1.